The Bertz CT molecular complexity index is 1700. The van der Waals surface area contributed by atoms with Crippen molar-refractivity contribution < 1.29 is 14.3 Å². The van der Waals surface area contributed by atoms with Crippen molar-refractivity contribution in [2.24, 2.45) is 13.0 Å². The SMILES string of the molecule is Cc1ccccc1C(=O)C1C2c3sccc3OC(N3CCNCC3)C2N(C(=O)Nc2ccccc2)C1c1c(C)nn(C)c1Cl. The standard InChI is InChI=1S/C33H35ClN6O3S/c1-19-9-7-8-12-22(19)29(41)25-26-28(32(39-16-14-35-15-17-39)43-23-13-18-44-30(23)26)40(33(42)36-21-10-5-4-6-11-21)27(25)24-20(2)37-38(3)31(24)34/h4-13,18,25-28,32,35H,14-17H2,1-3H3,(H,36,42). The van der Waals surface area contributed by atoms with Gasteiger partial charge in [0, 0.05) is 56.0 Å². The number of hydrogen-bond acceptors (Lipinski definition) is 7. The summed E-state index contributed by atoms with van der Waals surface area (Å²) < 4.78 is 8.41. The van der Waals surface area contributed by atoms with Crippen molar-refractivity contribution in [3.8, 4) is 5.75 Å². The Morgan fingerprint density at radius 1 is 1.05 bits per heavy atom. The van der Waals surface area contributed by atoms with Crippen molar-refractivity contribution in [3.63, 3.8) is 0 Å². The maximum atomic E-state index is 15.0. The van der Waals surface area contributed by atoms with E-state index in [1.54, 1.807) is 23.1 Å². The quantitative estimate of drug-likeness (QED) is 0.278. The number of urea groups is 1. The number of anilines is 1. The number of fused-ring (bicyclic) bond motifs is 3. The first kappa shape index (κ1) is 29.0. The fraction of sp³-hybridized carbons (Fsp3) is 0.364. The summed E-state index contributed by atoms with van der Waals surface area (Å²) in [5, 5.41) is 13.6. The molecule has 11 heteroatoms. The molecule has 9 nitrogen and oxygen atoms in total. The Hall–Kier alpha value is -3.70. The molecule has 44 heavy (non-hydrogen) atoms. The summed E-state index contributed by atoms with van der Waals surface area (Å²) in [7, 11) is 1.79. The lowest BCUT2D eigenvalue weighted by molar-refractivity contribution is -0.0447. The number of aromatic nitrogens is 2. The van der Waals surface area contributed by atoms with E-state index in [0.29, 0.717) is 27.7 Å². The molecule has 2 aromatic carbocycles. The molecule has 2 aromatic heterocycles. The molecule has 0 bridgehead atoms. The number of aryl methyl sites for hydroxylation is 3. The molecule has 5 heterocycles. The number of rotatable bonds is 5. The van der Waals surface area contributed by atoms with Gasteiger partial charge < -0.3 is 20.3 Å². The smallest absolute Gasteiger partial charge is 0.322 e. The van der Waals surface area contributed by atoms with E-state index in [9.17, 15) is 9.59 Å². The van der Waals surface area contributed by atoms with Gasteiger partial charge in [-0.1, -0.05) is 54.1 Å². The maximum Gasteiger partial charge on any atom is 0.322 e. The lowest BCUT2D eigenvalue weighted by atomic mass is 9.77. The van der Waals surface area contributed by atoms with Gasteiger partial charge in [0.1, 0.15) is 10.9 Å². The van der Waals surface area contributed by atoms with Crippen molar-refractivity contribution >= 4 is 40.4 Å². The summed E-state index contributed by atoms with van der Waals surface area (Å²) in [5.74, 6) is -0.194. The molecule has 2 saturated heterocycles. The largest absolute Gasteiger partial charge is 0.472 e. The van der Waals surface area contributed by atoms with Gasteiger partial charge in [0.15, 0.2) is 12.0 Å². The molecule has 2 fully saturated rings. The van der Waals surface area contributed by atoms with Gasteiger partial charge in [-0.05, 0) is 43.0 Å². The molecule has 0 aliphatic carbocycles. The van der Waals surface area contributed by atoms with Crippen LogP contribution >= 0.6 is 22.9 Å². The number of ether oxygens (including phenoxy) is 1. The topological polar surface area (TPSA) is 91.7 Å². The van der Waals surface area contributed by atoms with E-state index in [1.807, 2.05) is 84.8 Å². The molecule has 4 aromatic rings. The van der Waals surface area contributed by atoms with Crippen LogP contribution in [-0.2, 0) is 7.05 Å². The second kappa shape index (κ2) is 11.7. The lowest BCUT2D eigenvalue weighted by Crippen LogP contribution is -2.61. The average molecular weight is 631 g/mol. The van der Waals surface area contributed by atoms with Gasteiger partial charge in [-0.15, -0.1) is 11.3 Å². The van der Waals surface area contributed by atoms with E-state index >= 15 is 0 Å². The third kappa shape index (κ3) is 4.81. The number of carbonyl (C=O) groups excluding carboxylic acids is 2. The van der Waals surface area contributed by atoms with Crippen LogP contribution in [0.2, 0.25) is 5.15 Å². The van der Waals surface area contributed by atoms with Gasteiger partial charge in [-0.25, -0.2) is 4.79 Å². The molecule has 228 valence electrons. The van der Waals surface area contributed by atoms with Crippen LogP contribution in [0, 0.1) is 19.8 Å². The van der Waals surface area contributed by atoms with Crippen LogP contribution in [0.5, 0.6) is 5.75 Å². The van der Waals surface area contributed by atoms with Crippen LogP contribution in [0.25, 0.3) is 0 Å². The van der Waals surface area contributed by atoms with Gasteiger partial charge in [0.05, 0.1) is 28.6 Å². The van der Waals surface area contributed by atoms with Crippen LogP contribution < -0.4 is 15.4 Å². The van der Waals surface area contributed by atoms with Crippen molar-refractivity contribution in [1.29, 1.82) is 0 Å². The van der Waals surface area contributed by atoms with E-state index in [1.165, 1.54) is 0 Å². The average Bonchev–Trinajstić information content (AvgIpc) is 3.71. The molecule has 5 atom stereocenters. The predicted molar refractivity (Wildman–Crippen MR) is 172 cm³/mol. The number of amides is 2. The number of likely N-dealkylation sites (tertiary alicyclic amines) is 1. The second-order valence-corrected chi connectivity index (χ2v) is 13.0. The Kier molecular flexibility index (Phi) is 7.70. The van der Waals surface area contributed by atoms with E-state index < -0.39 is 24.2 Å². The summed E-state index contributed by atoms with van der Waals surface area (Å²) in [6, 6.07) is 17.6. The number of halogens is 1. The Morgan fingerprint density at radius 3 is 2.48 bits per heavy atom. The number of ketones is 1. The number of carbonyl (C=O) groups is 2. The maximum absolute atomic E-state index is 15.0. The molecular formula is C33H35ClN6O3S. The fourth-order valence-electron chi connectivity index (χ4n) is 7.26. The summed E-state index contributed by atoms with van der Waals surface area (Å²) in [6.45, 7) is 7.00. The summed E-state index contributed by atoms with van der Waals surface area (Å²) >= 11 is 8.60. The normalized spacial score (nSPS) is 24.8. The van der Waals surface area contributed by atoms with Crippen molar-refractivity contribution in [2.75, 3.05) is 31.5 Å². The van der Waals surface area contributed by atoms with Crippen LogP contribution in [0.4, 0.5) is 10.5 Å². The summed E-state index contributed by atoms with van der Waals surface area (Å²) in [6.07, 6.45) is -0.460. The highest BCUT2D eigenvalue weighted by Gasteiger charge is 2.62. The first-order chi connectivity index (χ1) is 21.3. The molecule has 2 amide bonds. The highest BCUT2D eigenvalue weighted by molar-refractivity contribution is 7.10. The van der Waals surface area contributed by atoms with Gasteiger partial charge in [0.2, 0.25) is 0 Å². The van der Waals surface area contributed by atoms with Gasteiger partial charge in [-0.2, -0.15) is 5.10 Å². The minimum Gasteiger partial charge on any atom is -0.472 e. The minimum absolute atomic E-state index is 0.0160. The highest BCUT2D eigenvalue weighted by Crippen LogP contribution is 2.59. The third-order valence-corrected chi connectivity index (χ3v) is 10.6. The molecule has 2 N–H and O–H groups in total. The fourth-order valence-corrected chi connectivity index (χ4v) is 8.56. The van der Waals surface area contributed by atoms with E-state index in [0.717, 1.165) is 42.4 Å². The van der Waals surface area contributed by atoms with Crippen LogP contribution in [0.3, 0.4) is 0 Å². The molecule has 0 saturated carbocycles. The van der Waals surface area contributed by atoms with Crippen LogP contribution in [0.15, 0.2) is 66.0 Å². The van der Waals surface area contributed by atoms with Gasteiger partial charge >= 0.3 is 6.03 Å². The first-order valence-electron chi connectivity index (χ1n) is 15.0. The minimum atomic E-state index is -0.691. The number of thiophene rings is 1. The predicted octanol–water partition coefficient (Wildman–Crippen LogP) is 5.62. The zero-order valence-corrected chi connectivity index (χ0v) is 26.4. The molecule has 5 unspecified atom stereocenters. The molecular weight excluding hydrogens is 596 g/mol. The highest BCUT2D eigenvalue weighted by atomic mass is 35.5. The van der Waals surface area contributed by atoms with Crippen molar-refractivity contribution in [3.05, 3.63) is 98.5 Å². The zero-order chi connectivity index (χ0) is 30.5. The number of hydrogen-bond donors (Lipinski definition) is 2. The number of nitrogens with zero attached hydrogens (tertiary/aromatic N) is 4. The lowest BCUT2D eigenvalue weighted by Gasteiger charge is -2.45. The Morgan fingerprint density at radius 2 is 1.77 bits per heavy atom. The van der Waals surface area contributed by atoms with Crippen LogP contribution in [0.1, 0.15) is 44.0 Å². The van der Waals surface area contributed by atoms with E-state index in [4.69, 9.17) is 16.3 Å². The molecule has 7 rings (SSSR count). The van der Waals surface area contributed by atoms with E-state index in [2.05, 4.69) is 20.6 Å². The van der Waals surface area contributed by atoms with Gasteiger partial charge in [-0.3, -0.25) is 14.4 Å². The van der Waals surface area contributed by atoms with Gasteiger partial charge in [0.25, 0.3) is 0 Å². The third-order valence-electron chi connectivity index (χ3n) is 9.19. The zero-order valence-electron chi connectivity index (χ0n) is 24.9. The van der Waals surface area contributed by atoms with E-state index in [-0.39, 0.29) is 17.7 Å². The Balaban J connectivity index is 1.47. The second-order valence-electron chi connectivity index (χ2n) is 11.7. The molecule has 0 radical (unpaired) electrons. The van der Waals surface area contributed by atoms with Crippen molar-refractivity contribution in [2.45, 2.75) is 38.1 Å². The van der Waals surface area contributed by atoms with Crippen molar-refractivity contribution in [1.82, 2.24) is 24.9 Å². The van der Waals surface area contributed by atoms with Crippen LogP contribution in [-0.4, -0.2) is 69.8 Å². The first-order valence-corrected chi connectivity index (χ1v) is 16.2. The number of Topliss-reactive ketones (excluding diaryl/α,β-unsaturated/α-hetero) is 1. The molecule has 3 aliphatic rings. The number of para-hydroxylation sites is 1. The summed E-state index contributed by atoms with van der Waals surface area (Å²) in [5.41, 5.74) is 3.59. The molecule has 0 spiro atoms. The Labute approximate surface area is 265 Å². The monoisotopic (exact) mass is 630 g/mol. The summed E-state index contributed by atoms with van der Waals surface area (Å²) in [4.78, 5) is 34.8. The number of piperazine rings is 1. The number of nitrogens with one attached hydrogen (secondary N) is 2. The number of benzene rings is 2. The molecule has 3 aliphatic heterocycles.